The van der Waals surface area contributed by atoms with E-state index in [1.54, 1.807) is 25.7 Å². The number of methoxy groups -OCH3 is 1. The summed E-state index contributed by atoms with van der Waals surface area (Å²) in [5, 5.41) is 0. The number of ether oxygens (including phenoxy) is 1. The van der Waals surface area contributed by atoms with Crippen molar-refractivity contribution < 1.29 is 9.15 Å². The number of hydrogen-bond acceptors (Lipinski definition) is 5. The van der Waals surface area contributed by atoms with Gasteiger partial charge in [-0.2, -0.15) is 0 Å². The second kappa shape index (κ2) is 6.57. The highest BCUT2D eigenvalue weighted by atomic mass is 16.5. The zero-order valence-electron chi connectivity index (χ0n) is 13.6. The first-order valence-electron chi connectivity index (χ1n) is 7.81. The second-order valence-corrected chi connectivity index (χ2v) is 5.46. The largest absolute Gasteiger partial charge is 0.497 e. The maximum Gasteiger partial charge on any atom is 0.247 e. The molecule has 1 aromatic carbocycles. The van der Waals surface area contributed by atoms with Crippen molar-refractivity contribution in [1.29, 1.82) is 0 Å². The fourth-order valence-electron chi connectivity index (χ4n) is 2.45. The average Bonchev–Trinajstić information content (AvgIpc) is 3.11. The van der Waals surface area contributed by atoms with Crippen LogP contribution in [0.4, 0.5) is 0 Å². The molecule has 0 N–H and O–H groups in total. The van der Waals surface area contributed by atoms with Crippen LogP contribution in [-0.4, -0.2) is 22.1 Å². The lowest BCUT2D eigenvalue weighted by molar-refractivity contribution is 0.415. The molecule has 0 unspecified atom stereocenters. The minimum absolute atomic E-state index is 0.514. The minimum Gasteiger partial charge on any atom is -0.497 e. The van der Waals surface area contributed by atoms with E-state index in [1.807, 2.05) is 54.6 Å². The minimum atomic E-state index is 0.514. The molecule has 0 spiro atoms. The van der Waals surface area contributed by atoms with Gasteiger partial charge in [-0.3, -0.25) is 4.98 Å². The summed E-state index contributed by atoms with van der Waals surface area (Å²) in [6.07, 6.45) is 9.21. The summed E-state index contributed by atoms with van der Waals surface area (Å²) >= 11 is 0. The zero-order chi connectivity index (χ0) is 17.1. The molecule has 0 atom stereocenters. The Hall–Kier alpha value is -3.47. The molecule has 0 amide bonds. The van der Waals surface area contributed by atoms with E-state index >= 15 is 0 Å². The first kappa shape index (κ1) is 15.1. The number of rotatable bonds is 4. The summed E-state index contributed by atoms with van der Waals surface area (Å²) < 4.78 is 10.9. The molecule has 0 radical (unpaired) electrons. The lowest BCUT2D eigenvalue weighted by atomic mass is 10.1. The molecule has 3 heterocycles. The monoisotopic (exact) mass is 329 g/mol. The summed E-state index contributed by atoms with van der Waals surface area (Å²) in [6, 6.07) is 13.6. The van der Waals surface area contributed by atoms with Gasteiger partial charge in [-0.25, -0.2) is 9.97 Å². The normalized spacial score (nSPS) is 11.2. The smallest absolute Gasteiger partial charge is 0.247 e. The van der Waals surface area contributed by atoms with Crippen molar-refractivity contribution in [2.45, 2.75) is 0 Å². The Kier molecular flexibility index (Phi) is 3.96. The molecule has 5 nitrogen and oxygen atoms in total. The average molecular weight is 329 g/mol. The highest BCUT2D eigenvalue weighted by Crippen LogP contribution is 2.23. The molecular weight excluding hydrogens is 314 g/mol. The first-order valence-corrected chi connectivity index (χ1v) is 7.81. The predicted octanol–water partition coefficient (Wildman–Crippen LogP) is 4.46. The van der Waals surface area contributed by atoms with Crippen LogP contribution in [0, 0.1) is 0 Å². The van der Waals surface area contributed by atoms with Crippen LogP contribution in [0.2, 0.25) is 0 Å². The van der Waals surface area contributed by atoms with Gasteiger partial charge < -0.3 is 9.15 Å². The summed E-state index contributed by atoms with van der Waals surface area (Å²) in [5.74, 6) is 1.36. The molecule has 0 fully saturated rings. The molecule has 122 valence electrons. The molecule has 0 aliphatic heterocycles. The Bertz CT molecular complexity index is 1020. The number of fused-ring (bicyclic) bond motifs is 1. The van der Waals surface area contributed by atoms with Crippen LogP contribution < -0.4 is 4.74 Å². The fraction of sp³-hybridized carbons (Fsp3) is 0.0500. The lowest BCUT2D eigenvalue weighted by Gasteiger charge is -1.99. The molecule has 0 aliphatic carbocycles. The van der Waals surface area contributed by atoms with Gasteiger partial charge in [0.25, 0.3) is 0 Å². The van der Waals surface area contributed by atoms with Gasteiger partial charge in [0.05, 0.1) is 12.7 Å². The Morgan fingerprint density at radius 1 is 1.00 bits per heavy atom. The van der Waals surface area contributed by atoms with E-state index in [0.717, 1.165) is 28.0 Å². The number of aromatic nitrogens is 3. The van der Waals surface area contributed by atoms with E-state index in [0.29, 0.717) is 11.6 Å². The van der Waals surface area contributed by atoms with Crippen molar-refractivity contribution in [2.24, 2.45) is 0 Å². The molecule has 3 aromatic heterocycles. The quantitative estimate of drug-likeness (QED) is 0.553. The van der Waals surface area contributed by atoms with Gasteiger partial charge in [-0.15, -0.1) is 0 Å². The Morgan fingerprint density at radius 3 is 2.60 bits per heavy atom. The molecule has 4 rings (SSSR count). The lowest BCUT2D eigenvalue weighted by Crippen LogP contribution is -1.81. The van der Waals surface area contributed by atoms with Crippen LogP contribution in [0.25, 0.3) is 34.8 Å². The van der Waals surface area contributed by atoms with Crippen LogP contribution in [0.1, 0.15) is 11.1 Å². The molecule has 0 bridgehead atoms. The van der Waals surface area contributed by atoms with Crippen molar-refractivity contribution in [3.63, 3.8) is 0 Å². The molecule has 0 saturated carbocycles. The SMILES string of the molecule is COc1ccc(/C=C\c2cnc3oc(-c4cccnc4)nc3c2)cc1. The van der Waals surface area contributed by atoms with Crippen molar-refractivity contribution in [1.82, 2.24) is 15.0 Å². The number of pyridine rings is 2. The summed E-state index contributed by atoms with van der Waals surface area (Å²) in [5.41, 5.74) is 4.10. The van der Waals surface area contributed by atoms with Crippen LogP contribution >= 0.6 is 0 Å². The molecule has 0 aliphatic rings. The van der Waals surface area contributed by atoms with Gasteiger partial charge in [-0.05, 0) is 41.5 Å². The summed E-state index contributed by atoms with van der Waals surface area (Å²) in [7, 11) is 1.66. The molecule has 0 saturated heterocycles. The molecular formula is C20H15N3O2. The van der Waals surface area contributed by atoms with E-state index in [4.69, 9.17) is 9.15 Å². The van der Waals surface area contributed by atoms with Gasteiger partial charge in [0.1, 0.15) is 11.3 Å². The number of benzene rings is 1. The van der Waals surface area contributed by atoms with Crippen molar-refractivity contribution in [3.05, 3.63) is 72.2 Å². The second-order valence-electron chi connectivity index (χ2n) is 5.46. The third kappa shape index (κ3) is 3.26. The zero-order valence-corrected chi connectivity index (χ0v) is 13.6. The Balaban J connectivity index is 1.61. The highest BCUT2D eigenvalue weighted by molar-refractivity contribution is 5.78. The van der Waals surface area contributed by atoms with Crippen LogP contribution in [-0.2, 0) is 0 Å². The number of oxazole rings is 1. The predicted molar refractivity (Wildman–Crippen MR) is 97.0 cm³/mol. The number of nitrogens with zero attached hydrogens (tertiary/aromatic N) is 3. The Labute approximate surface area is 144 Å². The van der Waals surface area contributed by atoms with Crippen molar-refractivity contribution >= 4 is 23.4 Å². The van der Waals surface area contributed by atoms with Crippen molar-refractivity contribution in [3.8, 4) is 17.2 Å². The summed E-state index contributed by atoms with van der Waals surface area (Å²) in [6.45, 7) is 0. The van der Waals surface area contributed by atoms with Crippen LogP contribution in [0.5, 0.6) is 5.75 Å². The standard InChI is InChI=1S/C20H15N3O2/c1-24-17-8-6-14(7-9-17)4-5-15-11-18-20(22-12-15)25-19(23-18)16-3-2-10-21-13-16/h2-13H,1H3/b5-4-. The maximum atomic E-state index is 5.70. The van der Waals surface area contributed by atoms with Crippen LogP contribution in [0.15, 0.2) is 65.5 Å². The van der Waals surface area contributed by atoms with Gasteiger partial charge in [0, 0.05) is 18.6 Å². The van der Waals surface area contributed by atoms with E-state index in [-0.39, 0.29) is 0 Å². The maximum absolute atomic E-state index is 5.70. The third-order valence-electron chi connectivity index (χ3n) is 3.76. The van der Waals surface area contributed by atoms with Gasteiger partial charge in [0.15, 0.2) is 0 Å². The third-order valence-corrected chi connectivity index (χ3v) is 3.76. The fourth-order valence-corrected chi connectivity index (χ4v) is 2.45. The van der Waals surface area contributed by atoms with Gasteiger partial charge >= 0.3 is 0 Å². The van der Waals surface area contributed by atoms with Crippen LogP contribution in [0.3, 0.4) is 0 Å². The molecule has 4 aromatic rings. The van der Waals surface area contributed by atoms with Gasteiger partial charge in [0.2, 0.25) is 11.6 Å². The Morgan fingerprint density at radius 2 is 1.84 bits per heavy atom. The molecule has 25 heavy (non-hydrogen) atoms. The number of hydrogen-bond donors (Lipinski definition) is 0. The van der Waals surface area contributed by atoms with E-state index in [1.165, 1.54) is 0 Å². The van der Waals surface area contributed by atoms with Crippen molar-refractivity contribution in [2.75, 3.05) is 7.11 Å². The highest BCUT2D eigenvalue weighted by Gasteiger charge is 2.09. The first-order chi connectivity index (χ1) is 12.3. The topological polar surface area (TPSA) is 61.0 Å². The van der Waals surface area contributed by atoms with E-state index in [9.17, 15) is 0 Å². The van der Waals surface area contributed by atoms with E-state index < -0.39 is 0 Å². The van der Waals surface area contributed by atoms with E-state index in [2.05, 4.69) is 15.0 Å². The molecule has 5 heteroatoms. The summed E-state index contributed by atoms with van der Waals surface area (Å²) in [4.78, 5) is 12.9. The van der Waals surface area contributed by atoms with Gasteiger partial charge in [-0.1, -0.05) is 24.3 Å².